The first kappa shape index (κ1) is 10.4. The molecule has 0 saturated carbocycles. The van der Waals surface area contributed by atoms with Crippen LogP contribution in [-0.4, -0.2) is 32.2 Å². The molecule has 2 atom stereocenters. The topological polar surface area (TPSA) is 98.8 Å². The van der Waals surface area contributed by atoms with Gasteiger partial charge in [-0.25, -0.2) is 9.97 Å². The summed E-state index contributed by atoms with van der Waals surface area (Å²) < 4.78 is 7.54. The van der Waals surface area contributed by atoms with Crippen LogP contribution in [0.25, 0.3) is 11.2 Å². The summed E-state index contributed by atoms with van der Waals surface area (Å²) in [6.07, 6.45) is 4.71. The number of fused-ring (bicyclic) bond motifs is 1. The number of imidazole rings is 1. The van der Waals surface area contributed by atoms with Gasteiger partial charge in [0, 0.05) is 6.54 Å². The Morgan fingerprint density at radius 3 is 3.18 bits per heavy atom. The molecule has 1 fully saturated rings. The second-order valence-electron chi connectivity index (χ2n) is 4.08. The highest BCUT2D eigenvalue weighted by Gasteiger charge is 2.27. The van der Waals surface area contributed by atoms with E-state index in [1.54, 1.807) is 10.9 Å². The zero-order valence-corrected chi connectivity index (χ0v) is 9.17. The van der Waals surface area contributed by atoms with Crippen LogP contribution in [0.2, 0.25) is 0 Å². The fourth-order valence-electron chi connectivity index (χ4n) is 2.14. The molecule has 0 aromatic carbocycles. The summed E-state index contributed by atoms with van der Waals surface area (Å²) in [5, 5.41) is 0. The van der Waals surface area contributed by atoms with Crippen LogP contribution in [0.5, 0.6) is 0 Å². The molecule has 0 spiro atoms. The molecule has 0 radical (unpaired) electrons. The molecule has 3 rings (SSSR count). The van der Waals surface area contributed by atoms with E-state index in [1.165, 1.54) is 6.33 Å². The molecule has 1 aliphatic heterocycles. The Balaban J connectivity index is 2.02. The molecule has 1 aliphatic rings. The molecular formula is C10H13N5O2. The molecule has 90 valence electrons. The maximum Gasteiger partial charge on any atom is 0.278 e. The summed E-state index contributed by atoms with van der Waals surface area (Å²) in [6.45, 7) is 0.511. The van der Waals surface area contributed by atoms with Crippen LogP contribution in [-0.2, 0) is 4.74 Å². The molecule has 2 aromatic heterocycles. The van der Waals surface area contributed by atoms with E-state index in [9.17, 15) is 4.79 Å². The number of nitrogens with one attached hydrogen (secondary N) is 1. The standard InChI is InChI=1S/C10H13N5O2/c11-3-6-1-2-7(17-6)15-5-14-8-9(15)12-4-13-10(8)16/h4-7H,1-3,11H2,(H,12,13,16)/t6-,7+/m0/s1. The van der Waals surface area contributed by atoms with Crippen molar-refractivity contribution in [2.75, 3.05) is 6.54 Å². The van der Waals surface area contributed by atoms with Gasteiger partial charge in [0.1, 0.15) is 6.23 Å². The molecule has 0 amide bonds. The maximum absolute atomic E-state index is 11.5. The van der Waals surface area contributed by atoms with Crippen LogP contribution in [0.1, 0.15) is 19.1 Å². The highest BCUT2D eigenvalue weighted by atomic mass is 16.5. The second-order valence-corrected chi connectivity index (χ2v) is 4.08. The van der Waals surface area contributed by atoms with Crippen LogP contribution in [0, 0.1) is 0 Å². The lowest BCUT2D eigenvalue weighted by atomic mass is 10.2. The van der Waals surface area contributed by atoms with Gasteiger partial charge in [-0.05, 0) is 12.8 Å². The zero-order chi connectivity index (χ0) is 11.8. The van der Waals surface area contributed by atoms with Gasteiger partial charge in [0.05, 0.1) is 18.8 Å². The molecule has 1 saturated heterocycles. The van der Waals surface area contributed by atoms with Crippen LogP contribution in [0.4, 0.5) is 0 Å². The Morgan fingerprint density at radius 2 is 2.41 bits per heavy atom. The van der Waals surface area contributed by atoms with Gasteiger partial charge in [-0.2, -0.15) is 0 Å². The van der Waals surface area contributed by atoms with Crippen molar-refractivity contribution >= 4 is 11.2 Å². The van der Waals surface area contributed by atoms with E-state index in [2.05, 4.69) is 15.0 Å². The molecule has 3 heterocycles. The van der Waals surface area contributed by atoms with Crippen molar-refractivity contribution in [1.82, 2.24) is 19.5 Å². The van der Waals surface area contributed by atoms with Crippen molar-refractivity contribution in [2.24, 2.45) is 5.73 Å². The quantitative estimate of drug-likeness (QED) is 0.748. The summed E-state index contributed by atoms with van der Waals surface area (Å²) in [4.78, 5) is 22.2. The van der Waals surface area contributed by atoms with Crippen molar-refractivity contribution in [3.63, 3.8) is 0 Å². The molecule has 7 heteroatoms. The number of nitrogens with zero attached hydrogens (tertiary/aromatic N) is 3. The lowest BCUT2D eigenvalue weighted by molar-refractivity contribution is 0.00866. The average molecular weight is 235 g/mol. The summed E-state index contributed by atoms with van der Waals surface area (Å²) in [5.74, 6) is 0. The van der Waals surface area contributed by atoms with Gasteiger partial charge in [-0.15, -0.1) is 0 Å². The van der Waals surface area contributed by atoms with Crippen LogP contribution in [0.15, 0.2) is 17.4 Å². The fraction of sp³-hybridized carbons (Fsp3) is 0.500. The number of hydrogen-bond donors (Lipinski definition) is 2. The lowest BCUT2D eigenvalue weighted by Gasteiger charge is -2.13. The molecule has 3 N–H and O–H groups in total. The lowest BCUT2D eigenvalue weighted by Crippen LogP contribution is -2.20. The number of H-pyrrole nitrogens is 1. The van der Waals surface area contributed by atoms with Gasteiger partial charge in [0.25, 0.3) is 5.56 Å². The van der Waals surface area contributed by atoms with E-state index >= 15 is 0 Å². The molecule has 0 unspecified atom stereocenters. The second kappa shape index (κ2) is 3.94. The van der Waals surface area contributed by atoms with Crippen LogP contribution < -0.4 is 11.3 Å². The molecular weight excluding hydrogens is 222 g/mol. The van der Waals surface area contributed by atoms with E-state index in [0.717, 1.165) is 12.8 Å². The minimum atomic E-state index is -0.234. The van der Waals surface area contributed by atoms with E-state index in [1.807, 2.05) is 0 Å². The predicted molar refractivity (Wildman–Crippen MR) is 60.3 cm³/mol. The van der Waals surface area contributed by atoms with Crippen molar-refractivity contribution < 1.29 is 4.74 Å². The summed E-state index contributed by atoms with van der Waals surface area (Å²) >= 11 is 0. The third-order valence-electron chi connectivity index (χ3n) is 3.02. The Bertz CT molecular complexity index is 590. The molecule has 7 nitrogen and oxygen atoms in total. The van der Waals surface area contributed by atoms with Crippen molar-refractivity contribution in [3.05, 3.63) is 23.0 Å². The fourth-order valence-corrected chi connectivity index (χ4v) is 2.14. The van der Waals surface area contributed by atoms with Gasteiger partial charge in [0.15, 0.2) is 11.2 Å². The van der Waals surface area contributed by atoms with Crippen molar-refractivity contribution in [2.45, 2.75) is 25.2 Å². The van der Waals surface area contributed by atoms with Crippen molar-refractivity contribution in [1.29, 1.82) is 0 Å². The number of aromatic nitrogens is 4. The van der Waals surface area contributed by atoms with E-state index < -0.39 is 0 Å². The van der Waals surface area contributed by atoms with Crippen LogP contribution >= 0.6 is 0 Å². The molecule has 2 aromatic rings. The first-order valence-corrected chi connectivity index (χ1v) is 5.55. The number of ether oxygens (including phenoxy) is 1. The Labute approximate surface area is 96.6 Å². The minimum Gasteiger partial charge on any atom is -0.353 e. The Kier molecular flexibility index (Phi) is 2.41. The largest absolute Gasteiger partial charge is 0.353 e. The number of aromatic amines is 1. The van der Waals surface area contributed by atoms with Gasteiger partial charge in [-0.3, -0.25) is 9.36 Å². The van der Waals surface area contributed by atoms with Gasteiger partial charge < -0.3 is 15.5 Å². The number of rotatable bonds is 2. The summed E-state index contributed by atoms with van der Waals surface area (Å²) in [6, 6.07) is 0. The molecule has 0 bridgehead atoms. The monoisotopic (exact) mass is 235 g/mol. The van der Waals surface area contributed by atoms with E-state index in [4.69, 9.17) is 10.5 Å². The van der Waals surface area contributed by atoms with Gasteiger partial charge >= 0.3 is 0 Å². The van der Waals surface area contributed by atoms with Crippen molar-refractivity contribution in [3.8, 4) is 0 Å². The molecule has 17 heavy (non-hydrogen) atoms. The third kappa shape index (κ3) is 1.63. The zero-order valence-electron chi connectivity index (χ0n) is 9.17. The summed E-state index contributed by atoms with van der Waals surface area (Å²) in [7, 11) is 0. The van der Waals surface area contributed by atoms with E-state index in [-0.39, 0.29) is 17.9 Å². The third-order valence-corrected chi connectivity index (χ3v) is 3.02. The maximum atomic E-state index is 11.5. The van der Waals surface area contributed by atoms with E-state index in [0.29, 0.717) is 17.7 Å². The average Bonchev–Trinajstić information content (AvgIpc) is 2.94. The highest BCUT2D eigenvalue weighted by molar-refractivity contribution is 5.68. The summed E-state index contributed by atoms with van der Waals surface area (Å²) in [5.41, 5.74) is 6.22. The normalized spacial score (nSPS) is 24.5. The van der Waals surface area contributed by atoms with Gasteiger partial charge in [0.2, 0.25) is 0 Å². The first-order valence-electron chi connectivity index (χ1n) is 5.55. The smallest absolute Gasteiger partial charge is 0.278 e. The molecule has 0 aliphatic carbocycles. The van der Waals surface area contributed by atoms with Gasteiger partial charge in [-0.1, -0.05) is 0 Å². The highest BCUT2D eigenvalue weighted by Crippen LogP contribution is 2.29. The minimum absolute atomic E-state index is 0.0828. The predicted octanol–water partition coefficient (Wildman–Crippen LogP) is -0.244. The Hall–Kier alpha value is -1.73. The first-order chi connectivity index (χ1) is 8.29. The van der Waals surface area contributed by atoms with Crippen LogP contribution in [0.3, 0.4) is 0 Å². The number of hydrogen-bond acceptors (Lipinski definition) is 5. The number of nitrogens with two attached hydrogens (primary N) is 1. The SMILES string of the molecule is NC[C@@H]1CC[C@H](n2cnc3c(=O)[nH]cnc32)O1. The Morgan fingerprint density at radius 1 is 1.53 bits per heavy atom.